The molecule has 130 valence electrons. The zero-order chi connectivity index (χ0) is 18.1. The van der Waals surface area contributed by atoms with Crippen molar-refractivity contribution in [2.45, 2.75) is 45.9 Å². The number of aryl methyl sites for hydroxylation is 1. The van der Waals surface area contributed by atoms with E-state index in [0.717, 1.165) is 16.6 Å². The van der Waals surface area contributed by atoms with Crippen molar-refractivity contribution in [3.63, 3.8) is 0 Å². The van der Waals surface area contributed by atoms with E-state index in [9.17, 15) is 4.79 Å². The highest BCUT2D eigenvalue weighted by atomic mass is 35.5. The Bertz CT molecular complexity index is 764. The van der Waals surface area contributed by atoms with Crippen LogP contribution in [-0.2, 0) is 11.3 Å². The molecule has 2 aromatic heterocycles. The molecule has 1 unspecified atom stereocenters. The Labute approximate surface area is 147 Å². The van der Waals surface area contributed by atoms with E-state index in [1.165, 1.54) is 11.2 Å². The lowest BCUT2D eigenvalue weighted by atomic mass is 10.2. The predicted molar refractivity (Wildman–Crippen MR) is 95.3 cm³/mol. The molecule has 2 aromatic rings. The summed E-state index contributed by atoms with van der Waals surface area (Å²) in [4.78, 5) is 22.1. The standard InChI is InChI=1S/C17H23ClN4O2/c1-7-12(21(6)16(23)24-17(3,4)5)9-22-8-11(2)13-14(18)19-10-20-15(13)22/h7-8,10,12H,1,9H2,2-6H3. The monoisotopic (exact) mass is 350 g/mol. The van der Waals surface area contributed by atoms with Crippen molar-refractivity contribution in [1.29, 1.82) is 0 Å². The normalized spacial score (nSPS) is 12.9. The Kier molecular flexibility index (Phi) is 5.18. The Balaban J connectivity index is 2.27. The molecule has 0 aliphatic carbocycles. The lowest BCUT2D eigenvalue weighted by Gasteiger charge is -2.29. The number of carbonyl (C=O) groups is 1. The predicted octanol–water partition coefficient (Wildman–Crippen LogP) is 3.81. The number of likely N-dealkylation sites (N-methyl/N-ethyl adjacent to an activating group) is 1. The summed E-state index contributed by atoms with van der Waals surface area (Å²) in [6.07, 6.45) is 4.70. The lowest BCUT2D eigenvalue weighted by Crippen LogP contribution is -2.41. The van der Waals surface area contributed by atoms with E-state index in [1.807, 2.05) is 38.5 Å². The molecule has 0 saturated carbocycles. The molecule has 0 aliphatic rings. The molecule has 0 saturated heterocycles. The van der Waals surface area contributed by atoms with Crippen LogP contribution in [0.4, 0.5) is 4.79 Å². The first-order chi connectivity index (χ1) is 11.1. The fourth-order valence-electron chi connectivity index (χ4n) is 2.44. The van der Waals surface area contributed by atoms with Gasteiger partial charge < -0.3 is 14.2 Å². The average Bonchev–Trinajstić information content (AvgIpc) is 2.80. The minimum Gasteiger partial charge on any atom is -0.444 e. The minimum absolute atomic E-state index is 0.247. The Morgan fingerprint density at radius 3 is 2.75 bits per heavy atom. The van der Waals surface area contributed by atoms with Crippen molar-refractivity contribution in [2.75, 3.05) is 7.05 Å². The summed E-state index contributed by atoms with van der Waals surface area (Å²) >= 11 is 6.16. The van der Waals surface area contributed by atoms with Gasteiger partial charge in [-0.2, -0.15) is 0 Å². The van der Waals surface area contributed by atoms with Gasteiger partial charge in [0.2, 0.25) is 0 Å². The van der Waals surface area contributed by atoms with Gasteiger partial charge in [-0.15, -0.1) is 6.58 Å². The third-order valence-corrected chi connectivity index (χ3v) is 3.92. The van der Waals surface area contributed by atoms with Crippen LogP contribution in [0.25, 0.3) is 11.0 Å². The number of aromatic nitrogens is 3. The summed E-state index contributed by atoms with van der Waals surface area (Å²) in [7, 11) is 1.70. The van der Waals surface area contributed by atoms with E-state index in [1.54, 1.807) is 13.1 Å². The topological polar surface area (TPSA) is 60.2 Å². The van der Waals surface area contributed by atoms with Gasteiger partial charge in [-0.1, -0.05) is 17.7 Å². The fourth-order valence-corrected chi connectivity index (χ4v) is 2.71. The number of nitrogens with zero attached hydrogens (tertiary/aromatic N) is 4. The molecular weight excluding hydrogens is 328 g/mol. The third kappa shape index (κ3) is 3.87. The van der Waals surface area contributed by atoms with Gasteiger partial charge in [0.1, 0.15) is 22.7 Å². The lowest BCUT2D eigenvalue weighted by molar-refractivity contribution is 0.0245. The molecular formula is C17H23ClN4O2. The van der Waals surface area contributed by atoms with Gasteiger partial charge >= 0.3 is 6.09 Å². The van der Waals surface area contributed by atoms with Crippen LogP contribution in [0.2, 0.25) is 5.15 Å². The third-order valence-electron chi connectivity index (χ3n) is 3.63. The highest BCUT2D eigenvalue weighted by molar-refractivity contribution is 6.34. The molecule has 24 heavy (non-hydrogen) atoms. The maximum Gasteiger partial charge on any atom is 0.410 e. The smallest absolute Gasteiger partial charge is 0.410 e. The molecule has 0 spiro atoms. The summed E-state index contributed by atoms with van der Waals surface area (Å²) in [6.45, 7) is 11.8. The summed E-state index contributed by atoms with van der Waals surface area (Å²) in [6, 6.07) is -0.247. The molecule has 0 aliphatic heterocycles. The highest BCUT2D eigenvalue weighted by Gasteiger charge is 2.24. The second-order valence-electron chi connectivity index (χ2n) is 6.72. The molecule has 0 fully saturated rings. The van der Waals surface area contributed by atoms with Gasteiger partial charge in [0.05, 0.1) is 11.4 Å². The Hall–Kier alpha value is -2.08. The van der Waals surface area contributed by atoms with Crippen LogP contribution in [-0.4, -0.2) is 44.2 Å². The maximum atomic E-state index is 12.3. The fraction of sp³-hybridized carbons (Fsp3) is 0.471. The quantitative estimate of drug-likeness (QED) is 0.621. The van der Waals surface area contributed by atoms with E-state index in [4.69, 9.17) is 16.3 Å². The van der Waals surface area contributed by atoms with Gasteiger partial charge in [0.15, 0.2) is 0 Å². The van der Waals surface area contributed by atoms with Crippen molar-refractivity contribution in [2.24, 2.45) is 0 Å². The van der Waals surface area contributed by atoms with E-state index in [0.29, 0.717) is 11.7 Å². The number of amides is 1. The van der Waals surface area contributed by atoms with E-state index in [2.05, 4.69) is 16.5 Å². The summed E-state index contributed by atoms with van der Waals surface area (Å²) in [5.74, 6) is 0. The molecule has 2 heterocycles. The van der Waals surface area contributed by atoms with Gasteiger partial charge in [-0.3, -0.25) is 0 Å². The van der Waals surface area contributed by atoms with Crippen molar-refractivity contribution in [1.82, 2.24) is 19.4 Å². The average molecular weight is 351 g/mol. The summed E-state index contributed by atoms with van der Waals surface area (Å²) < 4.78 is 7.36. The van der Waals surface area contributed by atoms with E-state index in [-0.39, 0.29) is 6.04 Å². The molecule has 0 radical (unpaired) electrons. The van der Waals surface area contributed by atoms with Crippen molar-refractivity contribution in [3.8, 4) is 0 Å². The van der Waals surface area contributed by atoms with Crippen LogP contribution in [0.15, 0.2) is 25.2 Å². The maximum absolute atomic E-state index is 12.3. The molecule has 7 heteroatoms. The zero-order valence-corrected chi connectivity index (χ0v) is 15.5. The first kappa shape index (κ1) is 18.3. The number of hydrogen-bond donors (Lipinski definition) is 0. The molecule has 6 nitrogen and oxygen atoms in total. The number of hydrogen-bond acceptors (Lipinski definition) is 4. The van der Waals surface area contributed by atoms with E-state index >= 15 is 0 Å². The van der Waals surface area contributed by atoms with Gasteiger partial charge in [-0.05, 0) is 33.3 Å². The van der Waals surface area contributed by atoms with Gasteiger partial charge in [0.25, 0.3) is 0 Å². The summed E-state index contributed by atoms with van der Waals surface area (Å²) in [5, 5.41) is 1.24. The molecule has 0 aromatic carbocycles. The minimum atomic E-state index is -0.547. The second kappa shape index (κ2) is 6.81. The Morgan fingerprint density at radius 1 is 1.50 bits per heavy atom. The highest BCUT2D eigenvalue weighted by Crippen LogP contribution is 2.25. The molecule has 0 N–H and O–H groups in total. The van der Waals surface area contributed by atoms with Gasteiger partial charge in [0, 0.05) is 19.8 Å². The van der Waals surface area contributed by atoms with Crippen molar-refractivity contribution in [3.05, 3.63) is 35.9 Å². The number of halogens is 1. The largest absolute Gasteiger partial charge is 0.444 e. The van der Waals surface area contributed by atoms with Crippen LogP contribution in [0.5, 0.6) is 0 Å². The van der Waals surface area contributed by atoms with Gasteiger partial charge in [-0.25, -0.2) is 14.8 Å². The number of carbonyl (C=O) groups excluding carboxylic acids is 1. The molecule has 2 rings (SSSR count). The number of rotatable bonds is 4. The molecule has 0 bridgehead atoms. The number of ether oxygens (including phenoxy) is 1. The molecule has 1 amide bonds. The van der Waals surface area contributed by atoms with Crippen molar-refractivity contribution < 1.29 is 9.53 Å². The van der Waals surface area contributed by atoms with Crippen LogP contribution < -0.4 is 0 Å². The van der Waals surface area contributed by atoms with Crippen LogP contribution in [0.3, 0.4) is 0 Å². The Morgan fingerprint density at radius 2 is 2.17 bits per heavy atom. The van der Waals surface area contributed by atoms with Crippen LogP contribution >= 0.6 is 11.6 Å². The SMILES string of the molecule is C=CC(Cn1cc(C)c2c(Cl)ncnc21)N(C)C(=O)OC(C)(C)C. The van der Waals surface area contributed by atoms with Crippen LogP contribution in [0, 0.1) is 6.92 Å². The molecule has 1 atom stereocenters. The second-order valence-corrected chi connectivity index (χ2v) is 7.08. The first-order valence-corrected chi connectivity index (χ1v) is 8.06. The first-order valence-electron chi connectivity index (χ1n) is 7.68. The number of fused-ring (bicyclic) bond motifs is 1. The van der Waals surface area contributed by atoms with E-state index < -0.39 is 11.7 Å². The van der Waals surface area contributed by atoms with Crippen molar-refractivity contribution >= 4 is 28.7 Å². The van der Waals surface area contributed by atoms with Crippen LogP contribution in [0.1, 0.15) is 26.3 Å². The zero-order valence-electron chi connectivity index (χ0n) is 14.7. The summed E-state index contributed by atoms with van der Waals surface area (Å²) in [5.41, 5.74) is 1.17.